The number of rotatable bonds is 7. The number of thiophene rings is 1. The fraction of sp³-hybridized carbons (Fsp3) is 0.214. The van der Waals surface area contributed by atoms with Gasteiger partial charge in [0.2, 0.25) is 0 Å². The third-order valence-corrected chi connectivity index (χ3v) is 4.00. The number of benzene rings is 1. The zero-order chi connectivity index (χ0) is 13.5. The van der Waals surface area contributed by atoms with Crippen LogP contribution in [-0.2, 0) is 4.79 Å². The van der Waals surface area contributed by atoms with E-state index in [4.69, 9.17) is 9.84 Å². The highest BCUT2D eigenvalue weighted by Crippen LogP contribution is 2.25. The molecule has 0 radical (unpaired) electrons. The zero-order valence-electron chi connectivity index (χ0n) is 10.2. The zero-order valence-corrected chi connectivity index (χ0v) is 11.9. The van der Waals surface area contributed by atoms with Gasteiger partial charge in [-0.15, -0.1) is 11.8 Å². The number of carboxylic acid groups (broad SMARTS) is 1. The van der Waals surface area contributed by atoms with Crippen molar-refractivity contribution in [1.82, 2.24) is 0 Å². The molecule has 0 aliphatic rings. The summed E-state index contributed by atoms with van der Waals surface area (Å²) in [6.45, 7) is 0.519. The van der Waals surface area contributed by atoms with Gasteiger partial charge >= 0.3 is 5.97 Å². The molecule has 2 rings (SSSR count). The molecule has 0 atom stereocenters. The molecule has 0 unspecified atom stereocenters. The van der Waals surface area contributed by atoms with Crippen LogP contribution in [0.5, 0.6) is 5.75 Å². The van der Waals surface area contributed by atoms with E-state index in [9.17, 15) is 4.79 Å². The summed E-state index contributed by atoms with van der Waals surface area (Å²) >= 11 is 3.03. The maximum atomic E-state index is 10.3. The molecule has 0 fully saturated rings. The average Bonchev–Trinajstić information content (AvgIpc) is 2.92. The topological polar surface area (TPSA) is 46.5 Å². The second kappa shape index (κ2) is 7.21. The fourth-order valence-electron chi connectivity index (χ4n) is 1.57. The minimum absolute atomic E-state index is 0.123. The van der Waals surface area contributed by atoms with Crippen LogP contribution in [0.4, 0.5) is 0 Å². The molecule has 0 aliphatic carbocycles. The van der Waals surface area contributed by atoms with Crippen LogP contribution in [0.1, 0.15) is 0 Å². The van der Waals surface area contributed by atoms with Gasteiger partial charge in [-0.3, -0.25) is 4.79 Å². The van der Waals surface area contributed by atoms with Crippen LogP contribution < -0.4 is 4.74 Å². The Kier molecular flexibility index (Phi) is 5.30. The molecular formula is C14H14O3S2. The van der Waals surface area contributed by atoms with Gasteiger partial charge in [0.25, 0.3) is 0 Å². The van der Waals surface area contributed by atoms with Gasteiger partial charge in [-0.1, -0.05) is 12.1 Å². The SMILES string of the molecule is O=C(O)CSCCOc1cccc(-c2ccsc2)c1. The summed E-state index contributed by atoms with van der Waals surface area (Å²) in [5.41, 5.74) is 2.33. The van der Waals surface area contributed by atoms with E-state index >= 15 is 0 Å². The molecule has 5 heteroatoms. The Morgan fingerprint density at radius 2 is 2.21 bits per heavy atom. The van der Waals surface area contributed by atoms with Crippen molar-refractivity contribution in [3.8, 4) is 16.9 Å². The number of thioether (sulfide) groups is 1. The van der Waals surface area contributed by atoms with Crippen molar-refractivity contribution in [2.45, 2.75) is 0 Å². The molecule has 2 aromatic rings. The van der Waals surface area contributed by atoms with Gasteiger partial charge < -0.3 is 9.84 Å². The Bertz CT molecular complexity index is 523. The summed E-state index contributed by atoms with van der Waals surface area (Å²) in [5.74, 6) is 0.830. The second-order valence-electron chi connectivity index (χ2n) is 3.83. The second-order valence-corrected chi connectivity index (χ2v) is 5.72. The Morgan fingerprint density at radius 3 is 2.95 bits per heavy atom. The van der Waals surface area contributed by atoms with Gasteiger partial charge in [0, 0.05) is 5.75 Å². The standard InChI is InChI=1S/C14H14O3S2/c15-14(16)10-19-7-5-17-13-3-1-2-11(8-13)12-4-6-18-9-12/h1-4,6,8-9H,5,7,10H2,(H,15,16). The summed E-state index contributed by atoms with van der Waals surface area (Å²) in [4.78, 5) is 10.3. The van der Waals surface area contributed by atoms with Gasteiger partial charge in [0.1, 0.15) is 5.75 Å². The first kappa shape index (κ1) is 14.0. The van der Waals surface area contributed by atoms with E-state index in [0.717, 1.165) is 11.3 Å². The predicted molar refractivity (Wildman–Crippen MR) is 80.2 cm³/mol. The molecule has 19 heavy (non-hydrogen) atoms. The first-order chi connectivity index (χ1) is 9.25. The molecule has 1 N–H and O–H groups in total. The lowest BCUT2D eigenvalue weighted by Gasteiger charge is -2.07. The molecule has 1 aromatic heterocycles. The van der Waals surface area contributed by atoms with E-state index in [2.05, 4.69) is 11.4 Å². The monoisotopic (exact) mass is 294 g/mol. The van der Waals surface area contributed by atoms with Gasteiger partial charge in [-0.05, 0) is 40.1 Å². The Hall–Kier alpha value is -1.46. The molecular weight excluding hydrogens is 280 g/mol. The van der Waals surface area contributed by atoms with Crippen molar-refractivity contribution in [3.05, 3.63) is 41.1 Å². The van der Waals surface area contributed by atoms with Crippen LogP contribution in [-0.4, -0.2) is 29.2 Å². The molecule has 0 saturated carbocycles. The van der Waals surface area contributed by atoms with Gasteiger partial charge in [0.15, 0.2) is 0 Å². The fourth-order valence-corrected chi connectivity index (χ4v) is 2.76. The third kappa shape index (κ3) is 4.61. The van der Waals surface area contributed by atoms with Crippen molar-refractivity contribution < 1.29 is 14.6 Å². The molecule has 0 saturated heterocycles. The van der Waals surface area contributed by atoms with E-state index in [1.54, 1.807) is 11.3 Å². The van der Waals surface area contributed by atoms with Crippen LogP contribution in [0.15, 0.2) is 41.1 Å². The van der Waals surface area contributed by atoms with Crippen LogP contribution in [0.25, 0.3) is 11.1 Å². The van der Waals surface area contributed by atoms with E-state index in [0.29, 0.717) is 12.4 Å². The van der Waals surface area contributed by atoms with E-state index in [1.165, 1.54) is 17.3 Å². The van der Waals surface area contributed by atoms with Crippen LogP contribution in [0.3, 0.4) is 0 Å². The summed E-state index contributed by atoms with van der Waals surface area (Å²) in [6, 6.07) is 10.0. The number of carboxylic acids is 1. The number of carbonyl (C=O) groups is 1. The highest BCUT2D eigenvalue weighted by molar-refractivity contribution is 7.99. The Morgan fingerprint density at radius 1 is 1.32 bits per heavy atom. The first-order valence-electron chi connectivity index (χ1n) is 5.80. The minimum Gasteiger partial charge on any atom is -0.493 e. The molecule has 3 nitrogen and oxygen atoms in total. The Balaban J connectivity index is 1.84. The lowest BCUT2D eigenvalue weighted by Crippen LogP contribution is -2.04. The lowest BCUT2D eigenvalue weighted by molar-refractivity contribution is -0.133. The number of hydrogen-bond acceptors (Lipinski definition) is 4. The highest BCUT2D eigenvalue weighted by atomic mass is 32.2. The molecule has 100 valence electrons. The summed E-state index contributed by atoms with van der Waals surface area (Å²) in [5, 5.41) is 12.7. The average molecular weight is 294 g/mol. The Labute approximate surface area is 120 Å². The van der Waals surface area contributed by atoms with Crippen molar-refractivity contribution >= 4 is 29.1 Å². The van der Waals surface area contributed by atoms with E-state index < -0.39 is 5.97 Å². The molecule has 0 bridgehead atoms. The maximum Gasteiger partial charge on any atom is 0.313 e. The van der Waals surface area contributed by atoms with Crippen LogP contribution in [0, 0.1) is 0 Å². The normalized spacial score (nSPS) is 10.3. The van der Waals surface area contributed by atoms with Gasteiger partial charge in [-0.2, -0.15) is 11.3 Å². The van der Waals surface area contributed by atoms with E-state index in [-0.39, 0.29) is 5.75 Å². The highest BCUT2D eigenvalue weighted by Gasteiger charge is 2.01. The molecule has 0 aliphatic heterocycles. The predicted octanol–water partition coefficient (Wildman–Crippen LogP) is 3.61. The molecule has 1 heterocycles. The maximum absolute atomic E-state index is 10.3. The minimum atomic E-state index is -0.788. The number of ether oxygens (including phenoxy) is 1. The summed E-state index contributed by atoms with van der Waals surface area (Å²) < 4.78 is 5.62. The largest absolute Gasteiger partial charge is 0.493 e. The van der Waals surface area contributed by atoms with Gasteiger partial charge in [0.05, 0.1) is 12.4 Å². The van der Waals surface area contributed by atoms with Crippen molar-refractivity contribution in [2.75, 3.05) is 18.1 Å². The number of aliphatic carboxylic acids is 1. The van der Waals surface area contributed by atoms with E-state index in [1.807, 2.05) is 29.6 Å². The quantitative estimate of drug-likeness (QED) is 0.792. The summed E-state index contributed by atoms with van der Waals surface area (Å²) in [7, 11) is 0. The number of hydrogen-bond donors (Lipinski definition) is 1. The molecule has 0 spiro atoms. The third-order valence-electron chi connectivity index (χ3n) is 2.41. The lowest BCUT2D eigenvalue weighted by atomic mass is 10.1. The van der Waals surface area contributed by atoms with Crippen molar-refractivity contribution in [2.24, 2.45) is 0 Å². The molecule has 1 aromatic carbocycles. The van der Waals surface area contributed by atoms with Crippen LogP contribution in [0.2, 0.25) is 0 Å². The smallest absolute Gasteiger partial charge is 0.313 e. The van der Waals surface area contributed by atoms with Crippen LogP contribution >= 0.6 is 23.1 Å². The van der Waals surface area contributed by atoms with Gasteiger partial charge in [-0.25, -0.2) is 0 Å². The van der Waals surface area contributed by atoms with Crippen molar-refractivity contribution in [1.29, 1.82) is 0 Å². The van der Waals surface area contributed by atoms with Crippen molar-refractivity contribution in [3.63, 3.8) is 0 Å². The molecule has 0 amide bonds. The summed E-state index contributed by atoms with van der Waals surface area (Å²) in [6.07, 6.45) is 0. The first-order valence-corrected chi connectivity index (χ1v) is 7.90.